The van der Waals surface area contributed by atoms with Crippen LogP contribution in [0.25, 0.3) is 11.0 Å². The lowest BCUT2D eigenvalue weighted by Gasteiger charge is -2.56. The maximum absolute atomic E-state index is 15.3. The second-order valence-electron chi connectivity index (χ2n) is 21.3. The van der Waals surface area contributed by atoms with E-state index < -0.39 is 55.0 Å². The number of nitrogens with zero attached hydrogens (tertiary/aromatic N) is 5. The Morgan fingerprint density at radius 2 is 1.75 bits per heavy atom. The normalized spacial score (nSPS) is 25.7. The summed E-state index contributed by atoms with van der Waals surface area (Å²) in [6, 6.07) is 19.5. The van der Waals surface area contributed by atoms with E-state index >= 15 is 4.39 Å². The number of benzene rings is 3. The molecule has 1 spiro atoms. The van der Waals surface area contributed by atoms with Crippen molar-refractivity contribution in [2.24, 2.45) is 11.3 Å². The summed E-state index contributed by atoms with van der Waals surface area (Å²) in [7, 11) is -4.67. The first-order valence-corrected chi connectivity index (χ1v) is 26.9. The van der Waals surface area contributed by atoms with Gasteiger partial charge in [0.25, 0.3) is 21.6 Å². The Kier molecular flexibility index (Phi) is 12.9. The number of carbonyl (C=O) groups is 1. The van der Waals surface area contributed by atoms with Gasteiger partial charge in [0.2, 0.25) is 5.88 Å². The monoisotopic (exact) mass is 1010 g/mol. The molecule has 0 radical (unpaired) electrons. The van der Waals surface area contributed by atoms with Crippen molar-refractivity contribution in [3.05, 3.63) is 106 Å². The Labute approximate surface area is 418 Å². The van der Waals surface area contributed by atoms with Gasteiger partial charge in [-0.15, -0.1) is 0 Å². The minimum absolute atomic E-state index is 0.0225. The van der Waals surface area contributed by atoms with E-state index in [4.69, 9.17) is 14.2 Å². The molecule has 4 aliphatic heterocycles. The minimum atomic E-state index is -4.67. The molecule has 2 saturated carbocycles. The number of pyridine rings is 1. The molecule has 0 unspecified atom stereocenters. The number of hydrogen-bond donors (Lipinski definition) is 4. The average molecular weight is 1010 g/mol. The standard InChI is InChI=1S/C53H63FN8O9S/c1-33-6-3-4-7-38(33)47-31-69-22-5-19-60(47)36-27-53(28-36)17-20-59(21-18-53)35-8-10-39(44(24-35)61-43-14-23-70-32-48(43)71-51-46(61)26-40-41(54)30-56-49(40)57-51)50(63)58-72(67,68)37-9-11-42(45(25-37)62(65)66)55-29-34-12-15-52(2,64)16-13-34/h3-4,6-11,24-26,30,34,36,43,47-48,55,64H,5,12-23,27-29,31-32H2,1-2H3,(H,56,57)(H,58,63)/t34-,43-,47-,48-,52-/m0/s1. The van der Waals surface area contributed by atoms with Gasteiger partial charge in [0.15, 0.2) is 0 Å². The molecule has 19 heteroatoms. The van der Waals surface area contributed by atoms with Crippen molar-refractivity contribution < 1.29 is 41.8 Å². The third-order valence-electron chi connectivity index (χ3n) is 16.6. The van der Waals surface area contributed by atoms with Crippen LogP contribution in [-0.2, 0) is 19.5 Å². The number of halogens is 1. The molecule has 6 aliphatic rings. The van der Waals surface area contributed by atoms with Crippen molar-refractivity contribution in [1.29, 1.82) is 0 Å². The smallest absolute Gasteiger partial charge is 0.293 e. The molecule has 6 heterocycles. The zero-order valence-corrected chi connectivity index (χ0v) is 41.6. The third kappa shape index (κ3) is 9.38. The maximum Gasteiger partial charge on any atom is 0.293 e. The van der Waals surface area contributed by atoms with Crippen LogP contribution < -0.4 is 24.6 Å². The summed E-state index contributed by atoms with van der Waals surface area (Å²) in [5.74, 6) is -1.08. The van der Waals surface area contributed by atoms with Crippen LogP contribution in [0.5, 0.6) is 5.88 Å². The van der Waals surface area contributed by atoms with Crippen molar-refractivity contribution in [2.45, 2.75) is 113 Å². The molecule has 2 aromatic heterocycles. The lowest BCUT2D eigenvalue weighted by Crippen LogP contribution is -2.56. The van der Waals surface area contributed by atoms with Gasteiger partial charge < -0.3 is 39.4 Å². The zero-order chi connectivity index (χ0) is 49.9. The van der Waals surface area contributed by atoms with Crippen LogP contribution in [0.1, 0.15) is 98.7 Å². The molecule has 3 saturated heterocycles. The van der Waals surface area contributed by atoms with Gasteiger partial charge in [0.1, 0.15) is 28.9 Å². The van der Waals surface area contributed by atoms with Crippen LogP contribution >= 0.6 is 0 Å². The molecule has 5 fully saturated rings. The summed E-state index contributed by atoms with van der Waals surface area (Å²) in [6.45, 7) is 9.03. The highest BCUT2D eigenvalue weighted by atomic mass is 32.2. The van der Waals surface area contributed by atoms with Crippen LogP contribution in [-0.4, -0.2) is 116 Å². The summed E-state index contributed by atoms with van der Waals surface area (Å²) < 4.78 is 64.3. The molecule has 5 aromatic rings. The van der Waals surface area contributed by atoms with Crippen LogP contribution in [0.3, 0.4) is 0 Å². The van der Waals surface area contributed by atoms with Crippen molar-refractivity contribution >= 4 is 55.4 Å². The first kappa shape index (κ1) is 48.4. The molecular weight excluding hydrogens is 944 g/mol. The second-order valence-corrected chi connectivity index (χ2v) is 23.0. The van der Waals surface area contributed by atoms with Gasteiger partial charge in [-0.1, -0.05) is 24.3 Å². The van der Waals surface area contributed by atoms with E-state index in [-0.39, 0.29) is 52.1 Å². The Hall–Kier alpha value is -5.86. The quantitative estimate of drug-likeness (QED) is 0.0726. The summed E-state index contributed by atoms with van der Waals surface area (Å²) in [4.78, 5) is 40.4. The van der Waals surface area contributed by atoms with Crippen LogP contribution in [0.15, 0.2) is 77.8 Å². The molecule has 1 amide bonds. The molecule has 11 rings (SSSR count). The van der Waals surface area contributed by atoms with E-state index in [0.29, 0.717) is 56.4 Å². The number of aliphatic hydroxyl groups is 1. The van der Waals surface area contributed by atoms with Gasteiger partial charge in [-0.2, -0.15) is 4.98 Å². The number of amides is 1. The molecule has 72 heavy (non-hydrogen) atoms. The number of nitro groups is 1. The van der Waals surface area contributed by atoms with Gasteiger partial charge in [-0.05, 0) is 137 Å². The van der Waals surface area contributed by atoms with E-state index in [9.17, 15) is 28.4 Å². The lowest BCUT2D eigenvalue weighted by atomic mass is 9.59. The average Bonchev–Trinajstić information content (AvgIpc) is 3.54. The number of carbonyl (C=O) groups excluding carboxylic acids is 1. The molecular formula is C53H63FN8O9S. The minimum Gasteiger partial charge on any atom is -0.468 e. The predicted molar refractivity (Wildman–Crippen MR) is 270 cm³/mol. The highest BCUT2D eigenvalue weighted by molar-refractivity contribution is 7.90. The Balaban J connectivity index is 0.877. The highest BCUT2D eigenvalue weighted by Crippen LogP contribution is 2.54. The fourth-order valence-electron chi connectivity index (χ4n) is 12.4. The Morgan fingerprint density at radius 1 is 0.972 bits per heavy atom. The molecule has 3 aromatic carbocycles. The van der Waals surface area contributed by atoms with Gasteiger partial charge in [-0.3, -0.25) is 19.8 Å². The number of anilines is 4. The fourth-order valence-corrected chi connectivity index (χ4v) is 13.3. The SMILES string of the molecule is Cc1ccccc1[C@@H]1COCCCN1C1CC2(CCN(c3ccc(C(=O)NS(=O)(=O)c4ccc(NC[C@H]5CC[C@](C)(O)CC5)c([N+](=O)[O-])c4)c(N4c5cc6c(F)c[nH]c6nc5O[C@H]5COCC[C@@H]54)c3)CC2)C1. The number of nitrogens with one attached hydrogen (secondary N) is 3. The third-order valence-corrected chi connectivity index (χ3v) is 17.9. The number of aromatic nitrogens is 2. The number of hydrogen-bond acceptors (Lipinski definition) is 14. The van der Waals surface area contributed by atoms with Crippen molar-refractivity contribution in [3.63, 3.8) is 0 Å². The maximum atomic E-state index is 15.3. The van der Waals surface area contributed by atoms with Crippen LogP contribution in [0.2, 0.25) is 0 Å². The van der Waals surface area contributed by atoms with E-state index in [1.165, 1.54) is 29.5 Å². The number of fused-ring (bicyclic) bond motifs is 3. The summed E-state index contributed by atoms with van der Waals surface area (Å²) in [5.41, 5.74) is 3.74. The topological polar surface area (TPSA) is 205 Å². The lowest BCUT2D eigenvalue weighted by molar-refractivity contribution is -0.384. The summed E-state index contributed by atoms with van der Waals surface area (Å²) in [6.07, 6.45) is 9.11. The Morgan fingerprint density at radius 3 is 2.53 bits per heavy atom. The number of nitro benzene ring substituents is 1. The fraction of sp³-hybridized carbons (Fsp3) is 0.509. The molecule has 2 aliphatic carbocycles. The first-order valence-electron chi connectivity index (χ1n) is 25.5. The number of sulfonamides is 1. The number of ether oxygens (including phenoxy) is 3. The first-order chi connectivity index (χ1) is 34.6. The number of aryl methyl sites for hydroxylation is 1. The summed E-state index contributed by atoms with van der Waals surface area (Å²) in [5, 5.41) is 26.1. The van der Waals surface area contributed by atoms with Gasteiger partial charge in [0, 0.05) is 63.4 Å². The van der Waals surface area contributed by atoms with E-state index in [1.807, 2.05) is 17.0 Å². The predicted octanol–water partition coefficient (Wildman–Crippen LogP) is 8.29. The van der Waals surface area contributed by atoms with Crippen molar-refractivity contribution in [3.8, 4) is 5.88 Å². The van der Waals surface area contributed by atoms with E-state index in [1.54, 1.807) is 19.1 Å². The molecule has 0 bridgehead atoms. The van der Waals surface area contributed by atoms with E-state index in [0.717, 1.165) is 82.9 Å². The van der Waals surface area contributed by atoms with Gasteiger partial charge in [0.05, 0.1) is 57.4 Å². The van der Waals surface area contributed by atoms with Crippen molar-refractivity contribution in [1.82, 2.24) is 19.6 Å². The molecule has 3 atom stereocenters. The highest BCUT2D eigenvalue weighted by Gasteiger charge is 2.50. The zero-order valence-electron chi connectivity index (χ0n) is 40.8. The summed E-state index contributed by atoms with van der Waals surface area (Å²) >= 11 is 0. The number of H-pyrrole nitrogens is 1. The molecule has 17 nitrogen and oxygen atoms in total. The number of aromatic amines is 1. The van der Waals surface area contributed by atoms with E-state index in [2.05, 4.69) is 61.0 Å². The van der Waals surface area contributed by atoms with Crippen LogP contribution in [0.4, 0.5) is 32.8 Å². The molecule has 4 N–H and O–H groups in total. The number of piperidine rings is 1. The van der Waals surface area contributed by atoms with Crippen molar-refractivity contribution in [2.75, 3.05) is 67.7 Å². The molecule has 382 valence electrons. The van der Waals surface area contributed by atoms with Gasteiger partial charge >= 0.3 is 0 Å². The number of rotatable bonds is 11. The Bertz CT molecular complexity index is 2980. The van der Waals surface area contributed by atoms with Crippen LogP contribution in [0, 0.1) is 34.2 Å². The largest absolute Gasteiger partial charge is 0.468 e. The van der Waals surface area contributed by atoms with Gasteiger partial charge in [-0.25, -0.2) is 17.5 Å². The second kappa shape index (κ2) is 19.2.